The molecule has 2 nitrogen and oxygen atoms in total. The van der Waals surface area contributed by atoms with Crippen molar-refractivity contribution < 1.29 is 9.50 Å². The summed E-state index contributed by atoms with van der Waals surface area (Å²) in [5.74, 6) is -0.425. The largest absolute Gasteiger partial charge is 0.383 e. The van der Waals surface area contributed by atoms with E-state index in [4.69, 9.17) is 11.6 Å². The normalized spacial score (nSPS) is 14.3. The van der Waals surface area contributed by atoms with E-state index in [1.54, 1.807) is 13.0 Å². The zero-order chi connectivity index (χ0) is 13.9. The maximum Gasteiger partial charge on any atom is 0.142 e. The molecule has 1 heterocycles. The molecule has 0 aliphatic rings. The van der Waals surface area contributed by atoms with Crippen LogP contribution in [0.2, 0.25) is 5.02 Å². The van der Waals surface area contributed by atoms with Gasteiger partial charge in [-0.15, -0.1) is 11.3 Å². The van der Waals surface area contributed by atoms with E-state index in [2.05, 4.69) is 5.32 Å². The summed E-state index contributed by atoms with van der Waals surface area (Å²) in [6.45, 7) is 2.64. The van der Waals surface area contributed by atoms with Crippen LogP contribution in [0.3, 0.4) is 0 Å². The molecule has 2 N–H and O–H groups in total. The fourth-order valence-electron chi connectivity index (χ4n) is 1.77. The molecular weight excluding hydrogens is 285 g/mol. The van der Waals surface area contributed by atoms with Gasteiger partial charge in [-0.05, 0) is 36.1 Å². The second kappa shape index (κ2) is 6.01. The van der Waals surface area contributed by atoms with Gasteiger partial charge in [0, 0.05) is 18.0 Å². The van der Waals surface area contributed by atoms with Crippen molar-refractivity contribution in [2.75, 3.05) is 6.54 Å². The number of rotatable bonds is 5. The van der Waals surface area contributed by atoms with Crippen LogP contribution in [-0.4, -0.2) is 11.7 Å². The van der Waals surface area contributed by atoms with Crippen LogP contribution in [-0.2, 0) is 12.1 Å². The first-order chi connectivity index (χ1) is 8.99. The average molecular weight is 300 g/mol. The molecule has 0 spiro atoms. The first-order valence-electron chi connectivity index (χ1n) is 5.90. The topological polar surface area (TPSA) is 32.3 Å². The summed E-state index contributed by atoms with van der Waals surface area (Å²) in [4.78, 5) is 0.905. The number of aliphatic hydroxyl groups is 1. The number of hydrogen-bond donors (Lipinski definition) is 2. The van der Waals surface area contributed by atoms with E-state index in [1.165, 1.54) is 23.5 Å². The Morgan fingerprint density at radius 1 is 1.42 bits per heavy atom. The molecule has 0 amide bonds. The van der Waals surface area contributed by atoms with Crippen molar-refractivity contribution in [2.24, 2.45) is 0 Å². The van der Waals surface area contributed by atoms with Gasteiger partial charge in [0.2, 0.25) is 0 Å². The molecule has 0 aliphatic heterocycles. The highest BCUT2D eigenvalue weighted by atomic mass is 35.5. The van der Waals surface area contributed by atoms with Crippen molar-refractivity contribution in [2.45, 2.75) is 19.1 Å². The molecule has 19 heavy (non-hydrogen) atoms. The fraction of sp³-hybridized carbons (Fsp3) is 0.286. The van der Waals surface area contributed by atoms with E-state index in [1.807, 2.05) is 17.5 Å². The number of thiophene rings is 1. The summed E-state index contributed by atoms with van der Waals surface area (Å²) in [5, 5.41) is 15.5. The van der Waals surface area contributed by atoms with Gasteiger partial charge in [0.25, 0.3) is 0 Å². The molecule has 0 saturated carbocycles. The third-order valence-electron chi connectivity index (χ3n) is 2.83. The second-order valence-corrected chi connectivity index (χ2v) is 5.96. The lowest BCUT2D eigenvalue weighted by Gasteiger charge is -2.22. The van der Waals surface area contributed by atoms with E-state index in [0.717, 1.165) is 10.4 Å². The Labute approximate surface area is 120 Å². The van der Waals surface area contributed by atoms with Crippen LogP contribution >= 0.6 is 22.9 Å². The van der Waals surface area contributed by atoms with Crippen molar-refractivity contribution >= 4 is 22.9 Å². The zero-order valence-corrected chi connectivity index (χ0v) is 12.1. The summed E-state index contributed by atoms with van der Waals surface area (Å²) in [7, 11) is 0. The smallest absolute Gasteiger partial charge is 0.142 e. The molecule has 0 fully saturated rings. The van der Waals surface area contributed by atoms with Gasteiger partial charge in [-0.1, -0.05) is 23.7 Å². The number of nitrogens with one attached hydrogen (secondary N) is 1. The van der Waals surface area contributed by atoms with Crippen molar-refractivity contribution in [3.8, 4) is 0 Å². The predicted molar refractivity (Wildman–Crippen MR) is 77.0 cm³/mol. The highest BCUT2D eigenvalue weighted by molar-refractivity contribution is 7.10. The summed E-state index contributed by atoms with van der Waals surface area (Å²) in [5.41, 5.74) is -0.122. The molecule has 1 unspecified atom stereocenters. The first kappa shape index (κ1) is 14.5. The van der Waals surface area contributed by atoms with Gasteiger partial charge < -0.3 is 10.4 Å². The van der Waals surface area contributed by atoms with Gasteiger partial charge >= 0.3 is 0 Å². The highest BCUT2D eigenvalue weighted by Gasteiger charge is 2.23. The first-order valence-corrected chi connectivity index (χ1v) is 7.16. The van der Waals surface area contributed by atoms with Crippen LogP contribution in [0, 0.1) is 5.82 Å². The molecule has 1 aromatic heterocycles. The molecule has 1 aromatic carbocycles. The monoisotopic (exact) mass is 299 g/mol. The third kappa shape index (κ3) is 3.76. The summed E-state index contributed by atoms with van der Waals surface area (Å²) < 4.78 is 13.3. The second-order valence-electron chi connectivity index (χ2n) is 4.60. The van der Waals surface area contributed by atoms with Crippen LogP contribution in [0.5, 0.6) is 0 Å². The predicted octanol–water partition coefficient (Wildman–Crippen LogP) is 3.54. The maximum atomic E-state index is 13.3. The molecule has 0 radical (unpaired) electrons. The van der Waals surface area contributed by atoms with E-state index in [9.17, 15) is 9.50 Å². The van der Waals surface area contributed by atoms with E-state index < -0.39 is 11.4 Å². The number of benzene rings is 1. The van der Waals surface area contributed by atoms with Crippen molar-refractivity contribution in [1.29, 1.82) is 0 Å². The standard InChI is InChI=1S/C14H15ClFNOS/c1-14(18,13-3-2-6-19-13)9-17-8-10-4-5-11(15)12(16)7-10/h2-7,17-18H,8-9H2,1H3. The van der Waals surface area contributed by atoms with Crippen LogP contribution < -0.4 is 5.32 Å². The van der Waals surface area contributed by atoms with Gasteiger partial charge in [-0.2, -0.15) is 0 Å². The Morgan fingerprint density at radius 3 is 2.84 bits per heavy atom. The van der Waals surface area contributed by atoms with Crippen molar-refractivity contribution in [3.05, 3.63) is 57.0 Å². The zero-order valence-electron chi connectivity index (χ0n) is 10.5. The minimum Gasteiger partial charge on any atom is -0.383 e. The molecule has 102 valence electrons. The third-order valence-corrected chi connectivity index (χ3v) is 4.26. The lowest BCUT2D eigenvalue weighted by molar-refractivity contribution is 0.0604. The van der Waals surface area contributed by atoms with Crippen LogP contribution in [0.15, 0.2) is 35.7 Å². The quantitative estimate of drug-likeness (QED) is 0.885. The Balaban J connectivity index is 1.91. The average Bonchev–Trinajstić information content (AvgIpc) is 2.88. The van der Waals surface area contributed by atoms with Gasteiger partial charge in [0.15, 0.2) is 0 Å². The summed E-state index contributed by atoms with van der Waals surface area (Å²) >= 11 is 7.13. The molecule has 0 bridgehead atoms. The van der Waals surface area contributed by atoms with E-state index in [-0.39, 0.29) is 5.02 Å². The van der Waals surface area contributed by atoms with Gasteiger partial charge in [-0.25, -0.2) is 4.39 Å². The highest BCUT2D eigenvalue weighted by Crippen LogP contribution is 2.24. The molecule has 0 aliphatic carbocycles. The molecule has 0 saturated heterocycles. The van der Waals surface area contributed by atoms with E-state index in [0.29, 0.717) is 13.1 Å². The van der Waals surface area contributed by atoms with Crippen LogP contribution in [0.4, 0.5) is 4.39 Å². The number of halogens is 2. The maximum absolute atomic E-state index is 13.3. The molecule has 5 heteroatoms. The summed E-state index contributed by atoms with van der Waals surface area (Å²) in [6.07, 6.45) is 0. The van der Waals surface area contributed by atoms with Crippen molar-refractivity contribution in [3.63, 3.8) is 0 Å². The lowest BCUT2D eigenvalue weighted by Crippen LogP contribution is -2.34. The number of hydrogen-bond acceptors (Lipinski definition) is 3. The molecule has 1 atom stereocenters. The molecule has 2 rings (SSSR count). The van der Waals surface area contributed by atoms with Gasteiger partial charge in [-0.3, -0.25) is 0 Å². The minimum atomic E-state index is -0.918. The van der Waals surface area contributed by atoms with Crippen molar-refractivity contribution in [1.82, 2.24) is 5.32 Å². The van der Waals surface area contributed by atoms with Gasteiger partial charge in [0.1, 0.15) is 11.4 Å². The molecular formula is C14H15ClFNOS. The molecule has 2 aromatic rings. The van der Waals surface area contributed by atoms with Crippen LogP contribution in [0.25, 0.3) is 0 Å². The lowest BCUT2D eigenvalue weighted by atomic mass is 10.1. The van der Waals surface area contributed by atoms with Crippen LogP contribution in [0.1, 0.15) is 17.4 Å². The fourth-order valence-corrected chi connectivity index (χ4v) is 2.68. The Morgan fingerprint density at radius 2 is 2.21 bits per heavy atom. The summed E-state index contributed by atoms with van der Waals surface area (Å²) in [6, 6.07) is 8.50. The Hall–Kier alpha value is -0.940. The minimum absolute atomic E-state index is 0.120. The van der Waals surface area contributed by atoms with E-state index >= 15 is 0 Å². The SMILES string of the molecule is CC(O)(CNCc1ccc(Cl)c(F)c1)c1cccs1. The Kier molecular flexibility index (Phi) is 4.58. The Bertz CT molecular complexity index is 542. The van der Waals surface area contributed by atoms with Gasteiger partial charge in [0.05, 0.1) is 5.02 Å².